The minimum atomic E-state index is 0.0587. The fraction of sp³-hybridized carbons (Fsp3) is 0.257. The molecular weight excluding hydrogens is 420 g/mol. The fourth-order valence-corrected chi connectivity index (χ4v) is 5.58. The largest absolute Gasteiger partial charge is 0.0622 e. The number of hydrogen-bond donors (Lipinski definition) is 0. The SMILES string of the molecule is CC(C)(C)c1cc(C(c2ccccc2)c2cc(C(C)(C)C)c3cccccc2-3)c2cccccc1-2. The van der Waals surface area contributed by atoms with Crippen LogP contribution in [0.1, 0.15) is 75.3 Å². The van der Waals surface area contributed by atoms with Crippen LogP contribution in [-0.2, 0) is 10.8 Å². The van der Waals surface area contributed by atoms with Crippen LogP contribution in [0.2, 0.25) is 0 Å². The summed E-state index contributed by atoms with van der Waals surface area (Å²) < 4.78 is 0. The topological polar surface area (TPSA) is 0 Å². The number of rotatable bonds is 3. The van der Waals surface area contributed by atoms with E-state index < -0.39 is 0 Å². The molecule has 0 spiro atoms. The molecule has 0 nitrogen and oxygen atoms in total. The fourth-order valence-electron chi connectivity index (χ4n) is 5.58. The Morgan fingerprint density at radius 3 is 1.14 bits per heavy atom. The molecule has 4 aliphatic rings. The molecule has 1 aromatic carbocycles. The number of benzene rings is 1. The van der Waals surface area contributed by atoms with E-state index in [9.17, 15) is 0 Å². The van der Waals surface area contributed by atoms with E-state index in [0.29, 0.717) is 0 Å². The lowest BCUT2D eigenvalue weighted by molar-refractivity contribution is 0.593. The first-order valence-corrected chi connectivity index (χ1v) is 12.8. The zero-order valence-corrected chi connectivity index (χ0v) is 21.9. The highest BCUT2D eigenvalue weighted by Gasteiger charge is 2.33. The molecule has 4 aliphatic carbocycles. The average molecular weight is 457 g/mol. The third-order valence-electron chi connectivity index (χ3n) is 7.25. The van der Waals surface area contributed by atoms with Gasteiger partial charge in [0, 0.05) is 5.92 Å². The van der Waals surface area contributed by atoms with Gasteiger partial charge in [-0.2, -0.15) is 0 Å². The Balaban J connectivity index is 1.87. The van der Waals surface area contributed by atoms with Crippen molar-refractivity contribution in [3.05, 3.63) is 131 Å². The third-order valence-corrected chi connectivity index (χ3v) is 7.25. The van der Waals surface area contributed by atoms with Crippen LogP contribution < -0.4 is 0 Å². The molecule has 0 amide bonds. The van der Waals surface area contributed by atoms with E-state index in [1.165, 1.54) is 50.1 Å². The number of hydrogen-bond acceptors (Lipinski definition) is 0. The summed E-state index contributed by atoms with van der Waals surface area (Å²) >= 11 is 0. The predicted octanol–water partition coefficient (Wildman–Crippen LogP) is 9.67. The molecule has 0 fully saturated rings. The van der Waals surface area contributed by atoms with Gasteiger partial charge in [-0.1, -0.05) is 145 Å². The lowest BCUT2D eigenvalue weighted by atomic mass is 9.83. The zero-order chi connectivity index (χ0) is 24.8. The second-order valence-electron chi connectivity index (χ2n) is 11.8. The van der Waals surface area contributed by atoms with Crippen molar-refractivity contribution in [3.63, 3.8) is 0 Å². The molecule has 0 heteroatoms. The Bertz CT molecular complexity index is 1300. The zero-order valence-electron chi connectivity index (χ0n) is 21.9. The third kappa shape index (κ3) is 4.27. The van der Waals surface area contributed by atoms with Crippen LogP contribution in [-0.4, -0.2) is 0 Å². The Morgan fingerprint density at radius 2 is 0.771 bits per heavy atom. The van der Waals surface area contributed by atoms with Gasteiger partial charge in [0.05, 0.1) is 0 Å². The molecule has 1 aromatic rings. The normalized spacial score (nSPS) is 12.5. The molecule has 0 heterocycles. The number of fused-ring (bicyclic) bond motifs is 2. The Hall–Kier alpha value is -3.38. The first-order chi connectivity index (χ1) is 16.7. The second kappa shape index (κ2) is 8.68. The van der Waals surface area contributed by atoms with E-state index >= 15 is 0 Å². The first-order valence-electron chi connectivity index (χ1n) is 12.8. The van der Waals surface area contributed by atoms with Gasteiger partial charge in [0.25, 0.3) is 0 Å². The summed E-state index contributed by atoms with van der Waals surface area (Å²) in [5, 5.41) is 0. The van der Waals surface area contributed by atoms with Gasteiger partial charge in [0.15, 0.2) is 0 Å². The van der Waals surface area contributed by atoms with Gasteiger partial charge in [0.2, 0.25) is 0 Å². The quantitative estimate of drug-likeness (QED) is 0.253. The molecule has 0 aromatic heterocycles. The molecular formula is C35H36. The van der Waals surface area contributed by atoms with Gasteiger partial charge < -0.3 is 0 Å². The molecule has 0 radical (unpaired) electrons. The van der Waals surface area contributed by atoms with Gasteiger partial charge in [0.1, 0.15) is 0 Å². The van der Waals surface area contributed by atoms with Crippen molar-refractivity contribution in [2.75, 3.05) is 0 Å². The highest BCUT2D eigenvalue weighted by Crippen LogP contribution is 2.50. The molecule has 0 bridgehead atoms. The van der Waals surface area contributed by atoms with Crippen LogP contribution >= 0.6 is 0 Å². The summed E-state index contributed by atoms with van der Waals surface area (Å²) in [6.45, 7) is 14.0. The molecule has 0 N–H and O–H groups in total. The van der Waals surface area contributed by atoms with E-state index in [0.717, 1.165) is 0 Å². The van der Waals surface area contributed by atoms with Crippen LogP contribution in [0.25, 0.3) is 22.3 Å². The predicted molar refractivity (Wildman–Crippen MR) is 151 cm³/mol. The van der Waals surface area contributed by atoms with Crippen LogP contribution in [0.4, 0.5) is 0 Å². The molecule has 0 aliphatic heterocycles. The molecule has 35 heavy (non-hydrogen) atoms. The van der Waals surface area contributed by atoms with E-state index in [2.05, 4.69) is 145 Å². The lowest BCUT2D eigenvalue weighted by Crippen LogP contribution is -2.10. The molecule has 0 saturated heterocycles. The Labute approximate surface area is 211 Å². The van der Waals surface area contributed by atoms with Gasteiger partial charge in [-0.05, 0) is 60.9 Å². The summed E-state index contributed by atoms with van der Waals surface area (Å²) in [6.07, 6.45) is 0. The van der Waals surface area contributed by atoms with Crippen molar-refractivity contribution in [3.8, 4) is 22.3 Å². The van der Waals surface area contributed by atoms with Crippen LogP contribution in [0.5, 0.6) is 0 Å². The van der Waals surface area contributed by atoms with Crippen molar-refractivity contribution < 1.29 is 0 Å². The lowest BCUT2D eigenvalue weighted by Gasteiger charge is -2.20. The monoisotopic (exact) mass is 456 g/mol. The highest BCUT2D eigenvalue weighted by atomic mass is 14.4. The van der Waals surface area contributed by atoms with E-state index in [4.69, 9.17) is 0 Å². The summed E-state index contributed by atoms with van der Waals surface area (Å²) in [5.41, 5.74) is 12.5. The second-order valence-corrected chi connectivity index (χ2v) is 11.8. The van der Waals surface area contributed by atoms with Crippen molar-refractivity contribution in [1.82, 2.24) is 0 Å². The van der Waals surface area contributed by atoms with Crippen molar-refractivity contribution >= 4 is 0 Å². The molecule has 0 unspecified atom stereocenters. The average Bonchev–Trinajstić information content (AvgIpc) is 3.11. The van der Waals surface area contributed by atoms with Gasteiger partial charge in [-0.15, -0.1) is 0 Å². The maximum atomic E-state index is 2.49. The summed E-state index contributed by atoms with van der Waals surface area (Å²) in [6, 6.07) is 38.2. The highest BCUT2D eigenvalue weighted by molar-refractivity contribution is 5.82. The van der Waals surface area contributed by atoms with Gasteiger partial charge >= 0.3 is 0 Å². The van der Waals surface area contributed by atoms with Gasteiger partial charge in [-0.3, -0.25) is 0 Å². The van der Waals surface area contributed by atoms with Crippen LogP contribution in [0.15, 0.2) is 103 Å². The van der Waals surface area contributed by atoms with Crippen LogP contribution in [0, 0.1) is 0 Å². The maximum absolute atomic E-state index is 2.49. The van der Waals surface area contributed by atoms with Crippen molar-refractivity contribution in [2.45, 2.75) is 58.3 Å². The minimum Gasteiger partial charge on any atom is -0.0622 e. The van der Waals surface area contributed by atoms with Gasteiger partial charge in [-0.25, -0.2) is 0 Å². The van der Waals surface area contributed by atoms with Crippen molar-refractivity contribution in [1.29, 1.82) is 0 Å². The standard InChI is InChI=1S/C35H36/c1-34(2,3)31-22-29(25-18-12-8-14-20-27(25)31)33(24-16-10-7-11-17-24)30-23-32(35(4,5)6)28-21-15-9-13-19-26(28)30/h7-23,33H,1-6H3. The molecule has 0 saturated carbocycles. The molecule has 176 valence electrons. The first kappa shape index (κ1) is 23.4. The maximum Gasteiger partial charge on any atom is 0.0352 e. The summed E-state index contributed by atoms with van der Waals surface area (Å²) in [4.78, 5) is 0. The minimum absolute atomic E-state index is 0.0587. The Morgan fingerprint density at radius 1 is 0.429 bits per heavy atom. The Kier molecular flexibility index (Phi) is 5.80. The van der Waals surface area contributed by atoms with E-state index in [1.807, 2.05) is 0 Å². The van der Waals surface area contributed by atoms with E-state index in [-0.39, 0.29) is 16.7 Å². The molecule has 0 atom stereocenters. The summed E-state index contributed by atoms with van der Waals surface area (Å²) in [7, 11) is 0. The van der Waals surface area contributed by atoms with Crippen molar-refractivity contribution in [2.24, 2.45) is 0 Å². The van der Waals surface area contributed by atoms with E-state index in [1.54, 1.807) is 0 Å². The summed E-state index contributed by atoms with van der Waals surface area (Å²) in [5.74, 6) is 0.151. The molecule has 5 rings (SSSR count). The van der Waals surface area contributed by atoms with Crippen LogP contribution in [0.3, 0.4) is 0 Å². The smallest absolute Gasteiger partial charge is 0.0352 e.